The standard InChI is InChI=1S/C12H20BrNS/c1-9(2)14-8-10(3)4-5-12-11(13)6-7-15-12/h6-7,9-10,14H,4-5,8H2,1-3H3. The molecule has 0 fully saturated rings. The predicted octanol–water partition coefficient (Wildman–Crippen LogP) is 4.08. The number of hydrogen-bond donors (Lipinski definition) is 1. The maximum Gasteiger partial charge on any atom is 0.0314 e. The first-order valence-corrected chi connectivity index (χ1v) is 7.22. The van der Waals surface area contributed by atoms with Gasteiger partial charge in [0.1, 0.15) is 0 Å². The van der Waals surface area contributed by atoms with Crippen LogP contribution in [0.1, 0.15) is 32.1 Å². The molecule has 0 saturated heterocycles. The van der Waals surface area contributed by atoms with Crippen molar-refractivity contribution in [3.63, 3.8) is 0 Å². The van der Waals surface area contributed by atoms with Crippen molar-refractivity contribution in [1.82, 2.24) is 5.32 Å². The average Bonchev–Trinajstić information content (AvgIpc) is 2.58. The second kappa shape index (κ2) is 6.66. The first-order chi connectivity index (χ1) is 7.09. The normalized spacial score (nSPS) is 13.4. The molecule has 0 aliphatic heterocycles. The minimum absolute atomic E-state index is 0.598. The Bertz CT molecular complexity index is 283. The molecule has 86 valence electrons. The number of thiophene rings is 1. The van der Waals surface area contributed by atoms with Crippen molar-refractivity contribution in [1.29, 1.82) is 0 Å². The van der Waals surface area contributed by atoms with E-state index >= 15 is 0 Å². The SMILES string of the molecule is CC(CCc1sccc1Br)CNC(C)C. The van der Waals surface area contributed by atoms with Gasteiger partial charge in [0, 0.05) is 15.4 Å². The summed E-state index contributed by atoms with van der Waals surface area (Å²) in [6.07, 6.45) is 2.46. The Hall–Kier alpha value is 0.140. The fourth-order valence-corrected chi connectivity index (χ4v) is 2.99. The second-order valence-corrected chi connectivity index (χ2v) is 6.25. The minimum Gasteiger partial charge on any atom is -0.314 e. The highest BCUT2D eigenvalue weighted by atomic mass is 79.9. The van der Waals surface area contributed by atoms with Gasteiger partial charge in [0.05, 0.1) is 0 Å². The molecule has 0 aromatic carbocycles. The smallest absolute Gasteiger partial charge is 0.0314 e. The Morgan fingerprint density at radius 3 is 2.67 bits per heavy atom. The van der Waals surface area contributed by atoms with Crippen LogP contribution in [0.25, 0.3) is 0 Å². The van der Waals surface area contributed by atoms with E-state index < -0.39 is 0 Å². The van der Waals surface area contributed by atoms with Gasteiger partial charge in [-0.05, 0) is 52.7 Å². The number of hydrogen-bond acceptors (Lipinski definition) is 2. The lowest BCUT2D eigenvalue weighted by Crippen LogP contribution is -2.27. The van der Waals surface area contributed by atoms with Gasteiger partial charge >= 0.3 is 0 Å². The topological polar surface area (TPSA) is 12.0 Å². The molecule has 1 rings (SSSR count). The van der Waals surface area contributed by atoms with Crippen LogP contribution in [0.5, 0.6) is 0 Å². The summed E-state index contributed by atoms with van der Waals surface area (Å²) in [5.41, 5.74) is 0. The van der Waals surface area contributed by atoms with Gasteiger partial charge in [-0.25, -0.2) is 0 Å². The molecule has 0 amide bonds. The Morgan fingerprint density at radius 2 is 2.13 bits per heavy atom. The summed E-state index contributed by atoms with van der Waals surface area (Å²) >= 11 is 5.42. The molecule has 0 radical (unpaired) electrons. The van der Waals surface area contributed by atoms with E-state index in [1.54, 1.807) is 0 Å². The van der Waals surface area contributed by atoms with E-state index in [9.17, 15) is 0 Å². The first kappa shape index (κ1) is 13.2. The highest BCUT2D eigenvalue weighted by molar-refractivity contribution is 9.10. The summed E-state index contributed by atoms with van der Waals surface area (Å²) in [6, 6.07) is 2.73. The van der Waals surface area contributed by atoms with Crippen molar-refractivity contribution < 1.29 is 0 Å². The van der Waals surface area contributed by atoms with Gasteiger partial charge < -0.3 is 5.32 Å². The summed E-state index contributed by atoms with van der Waals surface area (Å²) in [5, 5.41) is 5.63. The molecule has 0 aliphatic carbocycles. The van der Waals surface area contributed by atoms with Gasteiger partial charge in [-0.3, -0.25) is 0 Å². The van der Waals surface area contributed by atoms with Crippen LogP contribution < -0.4 is 5.32 Å². The highest BCUT2D eigenvalue weighted by Crippen LogP contribution is 2.24. The van der Waals surface area contributed by atoms with Gasteiger partial charge in [0.25, 0.3) is 0 Å². The lowest BCUT2D eigenvalue weighted by Gasteiger charge is -2.14. The molecular formula is C12H20BrNS. The summed E-state index contributed by atoms with van der Waals surface area (Å²) < 4.78 is 1.27. The molecule has 15 heavy (non-hydrogen) atoms. The quantitative estimate of drug-likeness (QED) is 0.832. The molecule has 0 saturated carbocycles. The van der Waals surface area contributed by atoms with Crippen molar-refractivity contribution in [2.75, 3.05) is 6.54 Å². The Morgan fingerprint density at radius 1 is 1.40 bits per heavy atom. The van der Waals surface area contributed by atoms with E-state index in [1.807, 2.05) is 11.3 Å². The van der Waals surface area contributed by atoms with Crippen LogP contribution in [0.15, 0.2) is 15.9 Å². The van der Waals surface area contributed by atoms with Gasteiger partial charge in [-0.1, -0.05) is 20.8 Å². The number of nitrogens with one attached hydrogen (secondary N) is 1. The number of aryl methyl sites for hydroxylation is 1. The molecule has 1 heterocycles. The third-order valence-electron chi connectivity index (χ3n) is 2.43. The van der Waals surface area contributed by atoms with Crippen LogP contribution >= 0.6 is 27.3 Å². The molecule has 0 bridgehead atoms. The van der Waals surface area contributed by atoms with Crippen LogP contribution in [0.3, 0.4) is 0 Å². The molecule has 0 aliphatic rings. The van der Waals surface area contributed by atoms with Gasteiger partial charge in [0.15, 0.2) is 0 Å². The summed E-state index contributed by atoms with van der Waals surface area (Å²) in [4.78, 5) is 1.48. The average molecular weight is 290 g/mol. The van der Waals surface area contributed by atoms with Gasteiger partial charge in [0.2, 0.25) is 0 Å². The van der Waals surface area contributed by atoms with E-state index in [0.29, 0.717) is 6.04 Å². The predicted molar refractivity (Wildman–Crippen MR) is 72.6 cm³/mol. The Kier molecular flexibility index (Phi) is 5.87. The first-order valence-electron chi connectivity index (χ1n) is 5.55. The number of rotatable bonds is 6. The molecule has 1 atom stereocenters. The zero-order valence-corrected chi connectivity index (χ0v) is 12.1. The van der Waals surface area contributed by atoms with E-state index in [0.717, 1.165) is 12.5 Å². The van der Waals surface area contributed by atoms with E-state index in [-0.39, 0.29) is 0 Å². The molecular weight excluding hydrogens is 270 g/mol. The van der Waals surface area contributed by atoms with Crippen LogP contribution in [0.4, 0.5) is 0 Å². The van der Waals surface area contributed by atoms with Crippen molar-refractivity contribution >= 4 is 27.3 Å². The molecule has 1 N–H and O–H groups in total. The maximum absolute atomic E-state index is 3.57. The minimum atomic E-state index is 0.598. The highest BCUT2D eigenvalue weighted by Gasteiger charge is 2.06. The molecule has 1 aromatic heterocycles. The summed E-state index contributed by atoms with van der Waals surface area (Å²) in [5.74, 6) is 0.751. The third kappa shape index (κ3) is 5.14. The monoisotopic (exact) mass is 289 g/mol. The molecule has 1 nitrogen and oxygen atoms in total. The summed E-state index contributed by atoms with van der Waals surface area (Å²) in [6.45, 7) is 7.84. The van der Waals surface area contributed by atoms with Crippen LogP contribution in [-0.2, 0) is 6.42 Å². The zero-order valence-electron chi connectivity index (χ0n) is 9.72. The lowest BCUT2D eigenvalue weighted by atomic mass is 10.0. The van der Waals surface area contributed by atoms with Crippen LogP contribution in [-0.4, -0.2) is 12.6 Å². The Balaban J connectivity index is 2.22. The van der Waals surface area contributed by atoms with Gasteiger partial charge in [-0.2, -0.15) is 0 Å². The van der Waals surface area contributed by atoms with Crippen molar-refractivity contribution in [3.8, 4) is 0 Å². The van der Waals surface area contributed by atoms with Crippen LogP contribution in [0.2, 0.25) is 0 Å². The maximum atomic E-state index is 3.57. The van der Waals surface area contributed by atoms with Crippen molar-refractivity contribution in [3.05, 3.63) is 20.8 Å². The zero-order chi connectivity index (χ0) is 11.3. The second-order valence-electron chi connectivity index (χ2n) is 4.40. The molecule has 0 spiro atoms. The molecule has 1 aromatic rings. The lowest BCUT2D eigenvalue weighted by molar-refractivity contribution is 0.454. The van der Waals surface area contributed by atoms with Crippen LogP contribution in [0, 0.1) is 5.92 Å². The third-order valence-corrected chi connectivity index (χ3v) is 4.42. The molecule has 1 unspecified atom stereocenters. The summed E-state index contributed by atoms with van der Waals surface area (Å²) in [7, 11) is 0. The van der Waals surface area contributed by atoms with E-state index in [1.165, 1.54) is 22.2 Å². The van der Waals surface area contributed by atoms with E-state index in [2.05, 4.69) is 53.5 Å². The fraction of sp³-hybridized carbons (Fsp3) is 0.667. The van der Waals surface area contributed by atoms with Crippen molar-refractivity contribution in [2.24, 2.45) is 5.92 Å². The largest absolute Gasteiger partial charge is 0.314 e. The number of halogens is 1. The van der Waals surface area contributed by atoms with Gasteiger partial charge in [-0.15, -0.1) is 11.3 Å². The van der Waals surface area contributed by atoms with Crippen molar-refractivity contribution in [2.45, 2.75) is 39.7 Å². The van der Waals surface area contributed by atoms with E-state index in [4.69, 9.17) is 0 Å². The fourth-order valence-electron chi connectivity index (χ4n) is 1.42. The molecule has 3 heteroatoms. The Labute approximate surface area is 105 Å².